The highest BCUT2D eigenvalue weighted by Gasteiger charge is 2.09. The molecule has 0 amide bonds. The zero-order valence-electron chi connectivity index (χ0n) is 16.2. The van der Waals surface area contributed by atoms with Gasteiger partial charge in [0.25, 0.3) is 0 Å². The van der Waals surface area contributed by atoms with Crippen LogP contribution >= 0.6 is 0 Å². The van der Waals surface area contributed by atoms with Gasteiger partial charge in [0, 0.05) is 5.56 Å². The van der Waals surface area contributed by atoms with E-state index in [1.54, 1.807) is 0 Å². The molecule has 5 rings (SSSR count). The number of aromatic nitrogens is 4. The highest BCUT2D eigenvalue weighted by Crippen LogP contribution is 2.28. The van der Waals surface area contributed by atoms with Gasteiger partial charge in [-0.15, -0.1) is 0 Å². The summed E-state index contributed by atoms with van der Waals surface area (Å²) >= 11 is 0. The van der Waals surface area contributed by atoms with Crippen LogP contribution in [0.1, 0.15) is 31.2 Å². The SMILES string of the molecule is Cc1nc2cc(-c3ccc4nc(-c5ccc(C(C)C)cc5)[nH]c4c3)ccc2[nH]1. The Bertz CT molecular complexity index is 1290. The van der Waals surface area contributed by atoms with Crippen LogP contribution in [0.3, 0.4) is 0 Å². The van der Waals surface area contributed by atoms with E-state index in [-0.39, 0.29) is 0 Å². The summed E-state index contributed by atoms with van der Waals surface area (Å²) in [5.41, 5.74) is 8.82. The summed E-state index contributed by atoms with van der Waals surface area (Å²) in [6, 6.07) is 21.3. The monoisotopic (exact) mass is 366 g/mol. The second kappa shape index (κ2) is 6.34. The average molecular weight is 366 g/mol. The Kier molecular flexibility index (Phi) is 3.79. The number of aromatic amines is 2. The second-order valence-corrected chi connectivity index (χ2v) is 7.65. The molecule has 0 radical (unpaired) electrons. The van der Waals surface area contributed by atoms with Gasteiger partial charge < -0.3 is 9.97 Å². The molecule has 5 aromatic rings. The molecule has 2 aromatic heterocycles. The number of benzene rings is 3. The van der Waals surface area contributed by atoms with Crippen molar-refractivity contribution in [3.63, 3.8) is 0 Å². The van der Waals surface area contributed by atoms with Crippen molar-refractivity contribution in [1.29, 1.82) is 0 Å². The van der Waals surface area contributed by atoms with E-state index in [0.29, 0.717) is 5.92 Å². The van der Waals surface area contributed by atoms with Crippen LogP contribution in [0.5, 0.6) is 0 Å². The van der Waals surface area contributed by atoms with Crippen LogP contribution in [-0.4, -0.2) is 19.9 Å². The number of hydrogen-bond acceptors (Lipinski definition) is 2. The van der Waals surface area contributed by atoms with Crippen molar-refractivity contribution in [2.75, 3.05) is 0 Å². The topological polar surface area (TPSA) is 57.4 Å². The largest absolute Gasteiger partial charge is 0.342 e. The van der Waals surface area contributed by atoms with Crippen LogP contribution in [0.2, 0.25) is 0 Å². The van der Waals surface area contributed by atoms with Gasteiger partial charge in [0.15, 0.2) is 0 Å². The summed E-state index contributed by atoms with van der Waals surface area (Å²) in [4.78, 5) is 16.1. The maximum absolute atomic E-state index is 4.77. The number of rotatable bonds is 3. The number of fused-ring (bicyclic) bond motifs is 2. The van der Waals surface area contributed by atoms with Crippen LogP contribution in [0.25, 0.3) is 44.6 Å². The highest BCUT2D eigenvalue weighted by atomic mass is 14.9. The number of nitrogens with one attached hydrogen (secondary N) is 2. The molecule has 2 heterocycles. The molecule has 3 aromatic carbocycles. The van der Waals surface area contributed by atoms with Crippen molar-refractivity contribution in [2.24, 2.45) is 0 Å². The third kappa shape index (κ3) is 2.87. The fourth-order valence-electron chi connectivity index (χ4n) is 3.66. The third-order valence-electron chi connectivity index (χ3n) is 5.27. The third-order valence-corrected chi connectivity index (χ3v) is 5.27. The molecule has 4 nitrogen and oxygen atoms in total. The standard InChI is InChI=1S/C24H22N4/c1-14(2)16-4-6-17(7-5-16)24-27-21-11-9-19(13-23(21)28-24)18-8-10-20-22(12-18)26-15(3)25-20/h4-14H,1-3H3,(H,25,26)(H,27,28). The Morgan fingerprint density at radius 3 is 2.18 bits per heavy atom. The first-order chi connectivity index (χ1) is 13.6. The molecule has 138 valence electrons. The van der Waals surface area contributed by atoms with Gasteiger partial charge in [-0.25, -0.2) is 9.97 Å². The van der Waals surface area contributed by atoms with Crippen molar-refractivity contribution >= 4 is 22.1 Å². The molecule has 0 fully saturated rings. The van der Waals surface area contributed by atoms with E-state index in [9.17, 15) is 0 Å². The predicted molar refractivity (Wildman–Crippen MR) is 115 cm³/mol. The Balaban J connectivity index is 1.53. The zero-order valence-corrected chi connectivity index (χ0v) is 16.2. The van der Waals surface area contributed by atoms with Gasteiger partial charge >= 0.3 is 0 Å². The normalized spacial score (nSPS) is 11.7. The summed E-state index contributed by atoms with van der Waals surface area (Å²) in [6.07, 6.45) is 0. The molecule has 0 spiro atoms. The summed E-state index contributed by atoms with van der Waals surface area (Å²) in [5.74, 6) is 2.37. The van der Waals surface area contributed by atoms with E-state index in [0.717, 1.165) is 50.4 Å². The van der Waals surface area contributed by atoms with Crippen molar-refractivity contribution in [2.45, 2.75) is 26.7 Å². The first-order valence-corrected chi connectivity index (χ1v) is 9.64. The van der Waals surface area contributed by atoms with E-state index in [1.165, 1.54) is 5.56 Å². The fourth-order valence-corrected chi connectivity index (χ4v) is 3.66. The first kappa shape index (κ1) is 16.8. The van der Waals surface area contributed by atoms with Crippen molar-refractivity contribution in [3.8, 4) is 22.5 Å². The number of nitrogens with zero attached hydrogens (tertiary/aromatic N) is 2. The van der Waals surface area contributed by atoms with Gasteiger partial charge in [-0.05, 0) is 53.8 Å². The minimum atomic E-state index is 0.530. The molecule has 0 saturated carbocycles. The molecule has 0 bridgehead atoms. The lowest BCUT2D eigenvalue weighted by Gasteiger charge is -2.05. The van der Waals surface area contributed by atoms with E-state index in [4.69, 9.17) is 4.98 Å². The van der Waals surface area contributed by atoms with Crippen LogP contribution in [0.15, 0.2) is 60.7 Å². The smallest absolute Gasteiger partial charge is 0.138 e. The predicted octanol–water partition coefficient (Wildman–Crippen LogP) is 6.21. The fraction of sp³-hybridized carbons (Fsp3) is 0.167. The van der Waals surface area contributed by atoms with Crippen molar-refractivity contribution in [3.05, 3.63) is 72.1 Å². The van der Waals surface area contributed by atoms with Gasteiger partial charge in [0.2, 0.25) is 0 Å². The van der Waals surface area contributed by atoms with Crippen LogP contribution in [-0.2, 0) is 0 Å². The van der Waals surface area contributed by atoms with Crippen LogP contribution < -0.4 is 0 Å². The summed E-state index contributed by atoms with van der Waals surface area (Å²) in [7, 11) is 0. The lowest BCUT2D eigenvalue weighted by Crippen LogP contribution is -1.87. The molecule has 4 heteroatoms. The molecular formula is C24H22N4. The maximum Gasteiger partial charge on any atom is 0.138 e. The highest BCUT2D eigenvalue weighted by molar-refractivity contribution is 5.87. The molecular weight excluding hydrogens is 344 g/mol. The van der Waals surface area contributed by atoms with Crippen molar-refractivity contribution < 1.29 is 0 Å². The second-order valence-electron chi connectivity index (χ2n) is 7.65. The quantitative estimate of drug-likeness (QED) is 0.399. The number of aryl methyl sites for hydroxylation is 1. The lowest BCUT2D eigenvalue weighted by atomic mass is 10.0. The molecule has 0 unspecified atom stereocenters. The summed E-state index contributed by atoms with van der Waals surface area (Å²) in [5, 5.41) is 0. The van der Waals surface area contributed by atoms with Gasteiger partial charge in [0.05, 0.1) is 22.1 Å². The first-order valence-electron chi connectivity index (χ1n) is 9.64. The van der Waals surface area contributed by atoms with Crippen molar-refractivity contribution in [1.82, 2.24) is 19.9 Å². The van der Waals surface area contributed by atoms with E-state index < -0.39 is 0 Å². The van der Waals surface area contributed by atoms with Crippen LogP contribution in [0, 0.1) is 6.92 Å². The molecule has 28 heavy (non-hydrogen) atoms. The molecule has 0 aliphatic rings. The molecule has 0 saturated heterocycles. The Hall–Kier alpha value is -3.40. The van der Waals surface area contributed by atoms with Gasteiger partial charge in [-0.1, -0.05) is 50.2 Å². The molecule has 0 aliphatic carbocycles. The Morgan fingerprint density at radius 1 is 0.679 bits per heavy atom. The van der Waals surface area contributed by atoms with Gasteiger partial charge in [0.1, 0.15) is 11.6 Å². The van der Waals surface area contributed by atoms with Gasteiger partial charge in [-0.3, -0.25) is 0 Å². The number of imidazole rings is 2. The molecule has 0 aliphatic heterocycles. The average Bonchev–Trinajstić information content (AvgIpc) is 3.29. The minimum absolute atomic E-state index is 0.530. The van der Waals surface area contributed by atoms with E-state index in [2.05, 4.69) is 89.5 Å². The zero-order chi connectivity index (χ0) is 19.3. The van der Waals surface area contributed by atoms with E-state index >= 15 is 0 Å². The van der Waals surface area contributed by atoms with E-state index in [1.807, 2.05) is 6.92 Å². The summed E-state index contributed by atoms with van der Waals surface area (Å²) < 4.78 is 0. The summed E-state index contributed by atoms with van der Waals surface area (Å²) in [6.45, 7) is 6.39. The lowest BCUT2D eigenvalue weighted by molar-refractivity contribution is 0.867. The maximum atomic E-state index is 4.77. The molecule has 0 atom stereocenters. The Morgan fingerprint density at radius 2 is 1.39 bits per heavy atom. The number of hydrogen-bond donors (Lipinski definition) is 2. The van der Waals surface area contributed by atoms with Crippen LogP contribution in [0.4, 0.5) is 0 Å². The molecule has 2 N–H and O–H groups in total. The Labute approximate surface area is 163 Å². The number of H-pyrrole nitrogens is 2. The van der Waals surface area contributed by atoms with Gasteiger partial charge in [-0.2, -0.15) is 0 Å². The minimum Gasteiger partial charge on any atom is -0.342 e.